The summed E-state index contributed by atoms with van der Waals surface area (Å²) in [6.45, 7) is 3.40. The third-order valence-electron chi connectivity index (χ3n) is 2.58. The summed E-state index contributed by atoms with van der Waals surface area (Å²) in [5, 5.41) is 12.2. The van der Waals surface area contributed by atoms with E-state index < -0.39 is 11.4 Å². The zero-order chi connectivity index (χ0) is 11.5. The minimum atomic E-state index is -0.863. The van der Waals surface area contributed by atoms with Crippen LogP contribution in [0.3, 0.4) is 0 Å². The van der Waals surface area contributed by atoms with Gasteiger partial charge in [-0.05, 0) is 32.5 Å². The predicted octanol–water partition coefficient (Wildman–Crippen LogP) is 1.45. The van der Waals surface area contributed by atoms with Gasteiger partial charge in [0.05, 0.1) is 5.41 Å². The average molecular weight is 208 g/mol. The molecule has 1 aromatic rings. The van der Waals surface area contributed by atoms with Crippen LogP contribution in [-0.2, 0) is 4.79 Å². The molecule has 1 atom stereocenters. The SMILES string of the molecule is CNC(c1cccnc1)C(C)(C)C(=O)O. The van der Waals surface area contributed by atoms with Crippen molar-refractivity contribution in [1.82, 2.24) is 10.3 Å². The molecule has 15 heavy (non-hydrogen) atoms. The summed E-state index contributed by atoms with van der Waals surface area (Å²) in [4.78, 5) is 15.1. The van der Waals surface area contributed by atoms with Crippen molar-refractivity contribution < 1.29 is 9.90 Å². The van der Waals surface area contributed by atoms with Crippen molar-refractivity contribution in [2.24, 2.45) is 5.41 Å². The molecule has 0 amide bonds. The molecule has 0 saturated heterocycles. The lowest BCUT2D eigenvalue weighted by molar-refractivity contribution is -0.148. The number of nitrogens with zero attached hydrogens (tertiary/aromatic N) is 1. The molecule has 82 valence electrons. The van der Waals surface area contributed by atoms with E-state index in [4.69, 9.17) is 5.11 Å². The smallest absolute Gasteiger partial charge is 0.311 e. The van der Waals surface area contributed by atoms with E-state index in [1.54, 1.807) is 39.4 Å². The standard InChI is InChI=1S/C11H16N2O2/c1-11(2,10(14)15)9(12-3)8-5-4-6-13-7-8/h4-7,9,12H,1-3H3,(H,14,15). The second-order valence-corrected chi connectivity index (χ2v) is 4.03. The summed E-state index contributed by atoms with van der Waals surface area (Å²) in [6.07, 6.45) is 3.36. The van der Waals surface area contributed by atoms with Crippen LogP contribution in [0.4, 0.5) is 0 Å². The van der Waals surface area contributed by atoms with E-state index in [1.807, 2.05) is 6.07 Å². The Balaban J connectivity index is 3.05. The zero-order valence-electron chi connectivity index (χ0n) is 9.19. The lowest BCUT2D eigenvalue weighted by Gasteiger charge is -2.30. The summed E-state index contributed by atoms with van der Waals surface area (Å²) in [7, 11) is 1.75. The molecule has 1 heterocycles. The Kier molecular flexibility index (Phi) is 3.42. The van der Waals surface area contributed by atoms with Gasteiger partial charge in [-0.25, -0.2) is 0 Å². The Labute approximate surface area is 89.3 Å². The zero-order valence-corrected chi connectivity index (χ0v) is 9.19. The van der Waals surface area contributed by atoms with Crippen molar-refractivity contribution in [2.75, 3.05) is 7.05 Å². The van der Waals surface area contributed by atoms with Crippen LogP contribution < -0.4 is 5.32 Å². The van der Waals surface area contributed by atoms with E-state index >= 15 is 0 Å². The van der Waals surface area contributed by atoms with Crippen LogP contribution in [0.25, 0.3) is 0 Å². The van der Waals surface area contributed by atoms with Crippen molar-refractivity contribution in [2.45, 2.75) is 19.9 Å². The number of carboxylic acid groups (broad SMARTS) is 1. The molecule has 0 aliphatic heterocycles. The minimum Gasteiger partial charge on any atom is -0.481 e. The van der Waals surface area contributed by atoms with Crippen molar-refractivity contribution in [3.63, 3.8) is 0 Å². The van der Waals surface area contributed by atoms with Gasteiger partial charge in [0.25, 0.3) is 0 Å². The quantitative estimate of drug-likeness (QED) is 0.786. The fraction of sp³-hybridized carbons (Fsp3) is 0.455. The Morgan fingerprint density at radius 1 is 1.60 bits per heavy atom. The molecular formula is C11H16N2O2. The van der Waals surface area contributed by atoms with Gasteiger partial charge < -0.3 is 10.4 Å². The lowest BCUT2D eigenvalue weighted by atomic mass is 9.81. The van der Waals surface area contributed by atoms with Crippen molar-refractivity contribution >= 4 is 5.97 Å². The molecule has 0 radical (unpaired) electrons. The normalized spacial score (nSPS) is 13.5. The average Bonchev–Trinajstić information content (AvgIpc) is 2.19. The molecule has 0 spiro atoms. The molecule has 4 nitrogen and oxygen atoms in total. The molecule has 1 rings (SSSR count). The van der Waals surface area contributed by atoms with Gasteiger partial charge in [-0.3, -0.25) is 9.78 Å². The van der Waals surface area contributed by atoms with Crippen LogP contribution in [0, 0.1) is 5.41 Å². The number of aliphatic carboxylic acids is 1. The van der Waals surface area contributed by atoms with Crippen LogP contribution in [0.1, 0.15) is 25.5 Å². The number of hydrogen-bond donors (Lipinski definition) is 2. The van der Waals surface area contributed by atoms with Crippen molar-refractivity contribution in [3.05, 3.63) is 30.1 Å². The van der Waals surface area contributed by atoms with Crippen LogP contribution in [-0.4, -0.2) is 23.1 Å². The molecular weight excluding hydrogens is 192 g/mol. The number of carbonyl (C=O) groups is 1. The van der Waals surface area contributed by atoms with E-state index in [1.165, 1.54) is 0 Å². The van der Waals surface area contributed by atoms with Gasteiger partial charge in [-0.2, -0.15) is 0 Å². The van der Waals surface area contributed by atoms with E-state index in [2.05, 4.69) is 10.3 Å². The molecule has 0 aromatic carbocycles. The van der Waals surface area contributed by atoms with Crippen LogP contribution in [0.2, 0.25) is 0 Å². The number of pyridine rings is 1. The third kappa shape index (κ3) is 2.33. The molecule has 0 fully saturated rings. The Morgan fingerprint density at radius 2 is 2.27 bits per heavy atom. The largest absolute Gasteiger partial charge is 0.481 e. The highest BCUT2D eigenvalue weighted by Gasteiger charge is 2.36. The molecule has 0 aliphatic carbocycles. The van der Waals surface area contributed by atoms with E-state index in [9.17, 15) is 4.79 Å². The first-order valence-corrected chi connectivity index (χ1v) is 4.80. The highest BCUT2D eigenvalue weighted by molar-refractivity contribution is 5.75. The lowest BCUT2D eigenvalue weighted by Crippen LogP contribution is -2.38. The topological polar surface area (TPSA) is 62.2 Å². The number of hydrogen-bond acceptors (Lipinski definition) is 3. The number of nitrogens with one attached hydrogen (secondary N) is 1. The fourth-order valence-corrected chi connectivity index (χ4v) is 1.61. The molecule has 0 bridgehead atoms. The Hall–Kier alpha value is -1.42. The van der Waals surface area contributed by atoms with Crippen molar-refractivity contribution in [3.8, 4) is 0 Å². The summed E-state index contributed by atoms with van der Waals surface area (Å²) in [5.74, 6) is -0.828. The first-order chi connectivity index (χ1) is 7.00. The summed E-state index contributed by atoms with van der Waals surface area (Å²) in [6, 6.07) is 3.43. The van der Waals surface area contributed by atoms with Crippen LogP contribution in [0.15, 0.2) is 24.5 Å². The first kappa shape index (κ1) is 11.7. The highest BCUT2D eigenvalue weighted by atomic mass is 16.4. The molecule has 0 saturated carbocycles. The first-order valence-electron chi connectivity index (χ1n) is 4.80. The van der Waals surface area contributed by atoms with Gasteiger partial charge in [0, 0.05) is 18.4 Å². The maximum absolute atomic E-state index is 11.1. The second-order valence-electron chi connectivity index (χ2n) is 4.03. The molecule has 0 aliphatic rings. The third-order valence-corrected chi connectivity index (χ3v) is 2.58. The summed E-state index contributed by atoms with van der Waals surface area (Å²) < 4.78 is 0. The van der Waals surface area contributed by atoms with Gasteiger partial charge in [0.15, 0.2) is 0 Å². The van der Waals surface area contributed by atoms with E-state index in [0.717, 1.165) is 5.56 Å². The Morgan fingerprint density at radius 3 is 2.67 bits per heavy atom. The molecule has 1 aromatic heterocycles. The molecule has 2 N–H and O–H groups in total. The van der Waals surface area contributed by atoms with Gasteiger partial charge in [0.2, 0.25) is 0 Å². The minimum absolute atomic E-state index is 0.247. The molecule has 1 unspecified atom stereocenters. The van der Waals surface area contributed by atoms with Gasteiger partial charge in [-0.15, -0.1) is 0 Å². The van der Waals surface area contributed by atoms with Crippen molar-refractivity contribution in [1.29, 1.82) is 0 Å². The van der Waals surface area contributed by atoms with Gasteiger partial charge in [0.1, 0.15) is 0 Å². The molecule has 4 heteroatoms. The maximum Gasteiger partial charge on any atom is 0.311 e. The monoisotopic (exact) mass is 208 g/mol. The maximum atomic E-state index is 11.1. The second kappa shape index (κ2) is 4.40. The fourth-order valence-electron chi connectivity index (χ4n) is 1.61. The van der Waals surface area contributed by atoms with Crippen LogP contribution in [0.5, 0.6) is 0 Å². The van der Waals surface area contributed by atoms with E-state index in [0.29, 0.717) is 0 Å². The summed E-state index contributed by atoms with van der Waals surface area (Å²) in [5.41, 5.74) is 0.0185. The van der Waals surface area contributed by atoms with Gasteiger partial charge in [-0.1, -0.05) is 6.07 Å². The number of rotatable bonds is 4. The predicted molar refractivity (Wildman–Crippen MR) is 57.5 cm³/mol. The highest BCUT2D eigenvalue weighted by Crippen LogP contribution is 2.32. The van der Waals surface area contributed by atoms with Gasteiger partial charge >= 0.3 is 5.97 Å². The Bertz CT molecular complexity index is 336. The number of aromatic nitrogens is 1. The van der Waals surface area contributed by atoms with Crippen LogP contribution >= 0.6 is 0 Å². The number of carboxylic acids is 1. The van der Waals surface area contributed by atoms with E-state index in [-0.39, 0.29) is 6.04 Å². The summed E-state index contributed by atoms with van der Waals surface area (Å²) >= 11 is 0.